The van der Waals surface area contributed by atoms with Crippen molar-refractivity contribution in [3.05, 3.63) is 23.8 Å². The van der Waals surface area contributed by atoms with Crippen molar-refractivity contribution >= 4 is 23.3 Å². The molecule has 0 saturated carbocycles. The molecule has 0 saturated heterocycles. The fraction of sp³-hybridized carbons (Fsp3) is 0.500. The Morgan fingerprint density at radius 1 is 1.21 bits per heavy atom. The van der Waals surface area contributed by atoms with Crippen LogP contribution in [0, 0.1) is 0 Å². The van der Waals surface area contributed by atoms with Gasteiger partial charge in [-0.05, 0) is 24.6 Å². The molecule has 0 aliphatic carbocycles. The van der Waals surface area contributed by atoms with Gasteiger partial charge in [-0.2, -0.15) is 0 Å². The van der Waals surface area contributed by atoms with Crippen LogP contribution in [0.2, 0.25) is 0 Å². The third kappa shape index (κ3) is 4.57. The predicted molar refractivity (Wildman–Crippen MR) is 89.6 cm³/mol. The fourth-order valence-corrected chi connectivity index (χ4v) is 2.68. The number of ketones is 1. The number of unbranched alkanes of at least 4 members (excludes halogenated alkanes) is 3. The van der Waals surface area contributed by atoms with Gasteiger partial charge in [0.05, 0.1) is 12.1 Å². The first-order valence-electron chi connectivity index (χ1n) is 8.35. The largest absolute Gasteiger partial charge is 0.482 e. The smallest absolute Gasteiger partial charge is 0.303 e. The lowest BCUT2D eigenvalue weighted by molar-refractivity contribution is -0.137. The number of carboxylic acids is 1. The zero-order chi connectivity index (χ0) is 17.5. The van der Waals surface area contributed by atoms with Crippen LogP contribution in [-0.4, -0.2) is 35.9 Å². The molecule has 130 valence electrons. The summed E-state index contributed by atoms with van der Waals surface area (Å²) in [6, 6.07) is 4.93. The molecule has 0 aromatic heterocycles. The maximum absolute atomic E-state index is 12.2. The Bertz CT molecular complexity index is 626. The third-order valence-electron chi connectivity index (χ3n) is 4.03. The minimum atomic E-state index is -1.00. The van der Waals surface area contributed by atoms with E-state index in [0.29, 0.717) is 23.5 Å². The predicted octanol–water partition coefficient (Wildman–Crippen LogP) is 3.04. The van der Waals surface area contributed by atoms with Crippen LogP contribution in [0.15, 0.2) is 18.2 Å². The van der Waals surface area contributed by atoms with Gasteiger partial charge in [0.1, 0.15) is 5.75 Å². The van der Waals surface area contributed by atoms with Crippen molar-refractivity contribution in [2.75, 3.05) is 18.1 Å². The second-order valence-corrected chi connectivity index (χ2v) is 5.89. The van der Waals surface area contributed by atoms with E-state index in [1.807, 2.05) is 0 Å². The van der Waals surface area contributed by atoms with Gasteiger partial charge in [0.15, 0.2) is 12.4 Å². The lowest BCUT2D eigenvalue weighted by Gasteiger charge is -2.29. The third-order valence-corrected chi connectivity index (χ3v) is 4.03. The van der Waals surface area contributed by atoms with Gasteiger partial charge in [-0.3, -0.25) is 14.4 Å². The monoisotopic (exact) mass is 333 g/mol. The number of fused-ring (bicyclic) bond motifs is 1. The highest BCUT2D eigenvalue weighted by atomic mass is 16.5. The summed E-state index contributed by atoms with van der Waals surface area (Å²) in [6.45, 7) is 2.74. The maximum atomic E-state index is 12.2. The molecule has 1 aromatic rings. The molecule has 0 fully saturated rings. The van der Waals surface area contributed by atoms with Gasteiger partial charge in [0.25, 0.3) is 5.91 Å². The number of carboxylic acid groups (broad SMARTS) is 1. The van der Waals surface area contributed by atoms with E-state index in [4.69, 9.17) is 9.84 Å². The highest BCUT2D eigenvalue weighted by molar-refractivity contribution is 6.02. The zero-order valence-electron chi connectivity index (χ0n) is 13.9. The number of benzene rings is 1. The molecule has 1 N–H and O–H groups in total. The van der Waals surface area contributed by atoms with Crippen molar-refractivity contribution < 1.29 is 24.2 Å². The minimum absolute atomic E-state index is 0.00703. The number of aliphatic carboxylic acids is 1. The van der Waals surface area contributed by atoms with Crippen LogP contribution in [0.1, 0.15) is 55.8 Å². The summed E-state index contributed by atoms with van der Waals surface area (Å²) in [6.07, 6.45) is 3.93. The SMILES string of the molecule is CCCCCCN1C(=O)COc2ccc(C(=O)CCC(=O)O)cc21. The van der Waals surface area contributed by atoms with E-state index in [9.17, 15) is 14.4 Å². The van der Waals surface area contributed by atoms with Gasteiger partial charge in [-0.15, -0.1) is 0 Å². The van der Waals surface area contributed by atoms with Crippen LogP contribution in [0.25, 0.3) is 0 Å². The first kappa shape index (κ1) is 18.0. The summed E-state index contributed by atoms with van der Waals surface area (Å²) in [5.41, 5.74) is 1.01. The fourth-order valence-electron chi connectivity index (χ4n) is 2.68. The van der Waals surface area contributed by atoms with E-state index in [0.717, 1.165) is 25.7 Å². The first-order chi connectivity index (χ1) is 11.5. The van der Waals surface area contributed by atoms with Crippen LogP contribution in [0.3, 0.4) is 0 Å². The quantitative estimate of drug-likeness (QED) is 0.555. The Morgan fingerprint density at radius 2 is 2.00 bits per heavy atom. The highest BCUT2D eigenvalue weighted by Crippen LogP contribution is 2.33. The van der Waals surface area contributed by atoms with Crippen molar-refractivity contribution in [1.29, 1.82) is 0 Å². The Kier molecular flexibility index (Phi) is 6.35. The summed E-state index contributed by atoms with van der Waals surface area (Å²) >= 11 is 0. The molecule has 0 radical (unpaired) electrons. The molecule has 6 heteroatoms. The van der Waals surface area contributed by atoms with Crippen LogP contribution < -0.4 is 9.64 Å². The van der Waals surface area contributed by atoms with Crippen LogP contribution in [0.5, 0.6) is 5.75 Å². The lowest BCUT2D eigenvalue weighted by atomic mass is 10.0. The number of nitrogens with zero attached hydrogens (tertiary/aromatic N) is 1. The molecule has 1 aliphatic rings. The highest BCUT2D eigenvalue weighted by Gasteiger charge is 2.26. The van der Waals surface area contributed by atoms with E-state index < -0.39 is 5.97 Å². The van der Waals surface area contributed by atoms with Crippen LogP contribution in [-0.2, 0) is 9.59 Å². The summed E-state index contributed by atoms with van der Waals surface area (Å²) < 4.78 is 5.43. The van der Waals surface area contributed by atoms with Crippen molar-refractivity contribution in [2.45, 2.75) is 45.4 Å². The summed E-state index contributed by atoms with van der Waals surface area (Å²) in [4.78, 5) is 36.5. The zero-order valence-corrected chi connectivity index (χ0v) is 13.9. The topological polar surface area (TPSA) is 83.9 Å². The second kappa shape index (κ2) is 8.47. The molecule has 1 aliphatic heterocycles. The molecule has 0 unspecified atom stereocenters. The molecule has 0 atom stereocenters. The van der Waals surface area contributed by atoms with E-state index in [1.54, 1.807) is 23.1 Å². The van der Waals surface area contributed by atoms with E-state index in [2.05, 4.69) is 6.92 Å². The molecular formula is C18H23NO5. The van der Waals surface area contributed by atoms with Gasteiger partial charge >= 0.3 is 5.97 Å². The van der Waals surface area contributed by atoms with E-state index >= 15 is 0 Å². The van der Waals surface area contributed by atoms with Gasteiger partial charge in [0, 0.05) is 18.5 Å². The van der Waals surface area contributed by atoms with Gasteiger partial charge in [0.2, 0.25) is 0 Å². The summed E-state index contributed by atoms with van der Waals surface area (Å²) in [5, 5.41) is 8.69. The molecular weight excluding hydrogens is 310 g/mol. The van der Waals surface area contributed by atoms with Gasteiger partial charge in [-0.1, -0.05) is 26.2 Å². The Labute approximate surface area is 141 Å². The van der Waals surface area contributed by atoms with Gasteiger partial charge in [-0.25, -0.2) is 0 Å². The maximum Gasteiger partial charge on any atom is 0.303 e. The number of Topliss-reactive ketones (excluding diaryl/α,β-unsaturated/α-hetero) is 1. The number of carbonyl (C=O) groups is 3. The van der Waals surface area contributed by atoms with E-state index in [-0.39, 0.29) is 31.1 Å². The molecule has 24 heavy (non-hydrogen) atoms. The lowest BCUT2D eigenvalue weighted by Crippen LogP contribution is -2.39. The molecule has 2 rings (SSSR count). The Hall–Kier alpha value is -2.37. The normalized spacial score (nSPS) is 13.4. The number of hydrogen-bond donors (Lipinski definition) is 1. The average molecular weight is 333 g/mol. The van der Waals surface area contributed by atoms with E-state index in [1.165, 1.54) is 0 Å². The number of carbonyl (C=O) groups excluding carboxylic acids is 2. The number of anilines is 1. The summed E-state index contributed by atoms with van der Waals surface area (Å²) in [7, 11) is 0. The molecule has 0 bridgehead atoms. The molecule has 1 heterocycles. The Morgan fingerprint density at radius 3 is 2.71 bits per heavy atom. The number of hydrogen-bond acceptors (Lipinski definition) is 4. The van der Waals surface area contributed by atoms with Crippen LogP contribution >= 0.6 is 0 Å². The molecule has 0 spiro atoms. The van der Waals surface area contributed by atoms with Crippen molar-refractivity contribution in [2.24, 2.45) is 0 Å². The standard InChI is InChI=1S/C18H23NO5/c1-2-3-4-5-10-19-14-11-13(15(20)7-9-18(22)23)6-8-16(14)24-12-17(19)21/h6,8,11H,2-5,7,9-10,12H2,1H3,(H,22,23). The van der Waals surface area contributed by atoms with Crippen LogP contribution in [0.4, 0.5) is 5.69 Å². The summed E-state index contributed by atoms with van der Waals surface area (Å²) in [5.74, 6) is -0.782. The Balaban J connectivity index is 2.14. The van der Waals surface area contributed by atoms with Crippen molar-refractivity contribution in [3.8, 4) is 5.75 Å². The number of amides is 1. The van der Waals surface area contributed by atoms with Gasteiger partial charge < -0.3 is 14.7 Å². The second-order valence-electron chi connectivity index (χ2n) is 5.89. The number of rotatable bonds is 9. The average Bonchev–Trinajstić information content (AvgIpc) is 2.57. The van der Waals surface area contributed by atoms with Crippen molar-refractivity contribution in [1.82, 2.24) is 0 Å². The molecule has 1 aromatic carbocycles. The van der Waals surface area contributed by atoms with Crippen molar-refractivity contribution in [3.63, 3.8) is 0 Å². The minimum Gasteiger partial charge on any atom is -0.482 e. The number of ether oxygens (including phenoxy) is 1. The molecule has 6 nitrogen and oxygen atoms in total. The first-order valence-corrected chi connectivity index (χ1v) is 8.35. The molecule has 1 amide bonds.